The predicted molar refractivity (Wildman–Crippen MR) is 46.5 cm³/mol. The van der Waals surface area contributed by atoms with Crippen LogP contribution in [0.1, 0.15) is 26.2 Å². The number of hydroxylamine groups is 1. The van der Waals surface area contributed by atoms with Gasteiger partial charge in [-0.05, 0) is 19.8 Å². The van der Waals surface area contributed by atoms with E-state index in [1.54, 1.807) is 6.92 Å². The SMILES string of the molecule is CC(N)C(=O)NOC1CCCCO1. The maximum atomic E-state index is 11.0. The maximum absolute atomic E-state index is 11.0. The number of ether oxygens (including phenoxy) is 1. The first-order valence-corrected chi connectivity index (χ1v) is 4.53. The molecule has 1 aliphatic heterocycles. The average molecular weight is 188 g/mol. The zero-order valence-corrected chi connectivity index (χ0v) is 7.79. The second kappa shape index (κ2) is 5.16. The Balaban J connectivity index is 2.13. The Hall–Kier alpha value is -0.650. The Kier molecular flexibility index (Phi) is 4.14. The van der Waals surface area contributed by atoms with Gasteiger partial charge in [0.25, 0.3) is 5.91 Å². The fraction of sp³-hybridized carbons (Fsp3) is 0.875. The number of carbonyl (C=O) groups excluding carboxylic acids is 1. The number of rotatable bonds is 3. The quantitative estimate of drug-likeness (QED) is 0.607. The van der Waals surface area contributed by atoms with Crippen LogP contribution in [0.3, 0.4) is 0 Å². The molecule has 0 radical (unpaired) electrons. The molecule has 0 bridgehead atoms. The van der Waals surface area contributed by atoms with Gasteiger partial charge < -0.3 is 10.5 Å². The van der Waals surface area contributed by atoms with Gasteiger partial charge in [-0.25, -0.2) is 10.3 Å². The van der Waals surface area contributed by atoms with Gasteiger partial charge in [0.05, 0.1) is 6.04 Å². The molecule has 1 rings (SSSR count). The highest BCUT2D eigenvalue weighted by atomic mass is 16.8. The monoisotopic (exact) mass is 188 g/mol. The number of carbonyl (C=O) groups is 1. The maximum Gasteiger partial charge on any atom is 0.260 e. The minimum atomic E-state index is -0.552. The van der Waals surface area contributed by atoms with Crippen molar-refractivity contribution in [1.82, 2.24) is 5.48 Å². The van der Waals surface area contributed by atoms with Crippen LogP contribution in [-0.2, 0) is 14.4 Å². The number of hydrogen-bond acceptors (Lipinski definition) is 4. The summed E-state index contributed by atoms with van der Waals surface area (Å²) >= 11 is 0. The highest BCUT2D eigenvalue weighted by Crippen LogP contribution is 2.12. The summed E-state index contributed by atoms with van der Waals surface area (Å²) in [5.41, 5.74) is 7.58. The lowest BCUT2D eigenvalue weighted by atomic mass is 10.2. The zero-order valence-electron chi connectivity index (χ0n) is 7.79. The van der Waals surface area contributed by atoms with Gasteiger partial charge in [0.2, 0.25) is 0 Å². The van der Waals surface area contributed by atoms with Crippen LogP contribution in [0.15, 0.2) is 0 Å². The lowest BCUT2D eigenvalue weighted by Gasteiger charge is -2.22. The van der Waals surface area contributed by atoms with E-state index in [0.717, 1.165) is 19.3 Å². The minimum Gasteiger partial charge on any atom is -0.350 e. The second-order valence-corrected chi connectivity index (χ2v) is 3.17. The molecule has 2 unspecified atom stereocenters. The molecule has 1 saturated heterocycles. The molecule has 5 heteroatoms. The summed E-state index contributed by atoms with van der Waals surface area (Å²) in [5, 5.41) is 0. The molecular formula is C8H16N2O3. The fourth-order valence-electron chi connectivity index (χ4n) is 1.02. The zero-order chi connectivity index (χ0) is 9.68. The van der Waals surface area contributed by atoms with Gasteiger partial charge in [0.1, 0.15) is 0 Å². The first-order valence-electron chi connectivity index (χ1n) is 4.53. The third-order valence-electron chi connectivity index (χ3n) is 1.84. The van der Waals surface area contributed by atoms with Crippen molar-refractivity contribution in [3.63, 3.8) is 0 Å². The summed E-state index contributed by atoms with van der Waals surface area (Å²) < 4.78 is 5.23. The molecule has 1 amide bonds. The van der Waals surface area contributed by atoms with Crippen molar-refractivity contribution >= 4 is 5.91 Å². The molecule has 1 aliphatic rings. The number of amides is 1. The third kappa shape index (κ3) is 3.71. The number of hydrogen-bond donors (Lipinski definition) is 2. The molecule has 76 valence electrons. The van der Waals surface area contributed by atoms with E-state index in [1.165, 1.54) is 0 Å². The lowest BCUT2D eigenvalue weighted by molar-refractivity contribution is -0.200. The second-order valence-electron chi connectivity index (χ2n) is 3.17. The van der Waals surface area contributed by atoms with Crippen LogP contribution in [0.5, 0.6) is 0 Å². The standard InChI is InChI=1S/C8H16N2O3/c1-6(9)8(11)10-13-7-4-2-3-5-12-7/h6-7H,2-5,9H2,1H3,(H,10,11). The summed E-state index contributed by atoms with van der Waals surface area (Å²) in [4.78, 5) is 16.0. The molecule has 13 heavy (non-hydrogen) atoms. The van der Waals surface area contributed by atoms with Crippen LogP contribution in [0, 0.1) is 0 Å². The van der Waals surface area contributed by atoms with E-state index in [1.807, 2.05) is 0 Å². The van der Waals surface area contributed by atoms with Gasteiger partial charge in [-0.2, -0.15) is 0 Å². The normalized spacial score (nSPS) is 25.2. The summed E-state index contributed by atoms with van der Waals surface area (Å²) in [6.45, 7) is 2.29. The van der Waals surface area contributed by atoms with Crippen molar-refractivity contribution in [2.24, 2.45) is 5.73 Å². The minimum absolute atomic E-state index is 0.309. The predicted octanol–water partition coefficient (Wildman–Crippen LogP) is -0.0920. The van der Waals surface area contributed by atoms with Crippen LogP contribution in [0.2, 0.25) is 0 Å². The first kappa shape index (κ1) is 10.4. The Morgan fingerprint density at radius 2 is 2.46 bits per heavy atom. The summed E-state index contributed by atoms with van der Waals surface area (Å²) in [5.74, 6) is -0.325. The Morgan fingerprint density at radius 3 is 3.00 bits per heavy atom. The van der Waals surface area contributed by atoms with Crippen LogP contribution in [0.25, 0.3) is 0 Å². The van der Waals surface area contributed by atoms with Crippen molar-refractivity contribution in [3.05, 3.63) is 0 Å². The van der Waals surface area contributed by atoms with E-state index in [2.05, 4.69) is 5.48 Å². The van der Waals surface area contributed by atoms with Crippen LogP contribution in [-0.4, -0.2) is 24.8 Å². The molecule has 2 atom stereocenters. The van der Waals surface area contributed by atoms with Crippen LogP contribution >= 0.6 is 0 Å². The van der Waals surface area contributed by atoms with Crippen molar-refractivity contribution in [1.29, 1.82) is 0 Å². The summed E-state index contributed by atoms with van der Waals surface area (Å²) in [6, 6.07) is -0.552. The van der Waals surface area contributed by atoms with Gasteiger partial charge in [-0.3, -0.25) is 4.79 Å². The first-order chi connectivity index (χ1) is 6.20. The van der Waals surface area contributed by atoms with Crippen LogP contribution < -0.4 is 11.2 Å². The Morgan fingerprint density at radius 1 is 1.69 bits per heavy atom. The third-order valence-corrected chi connectivity index (χ3v) is 1.84. The van der Waals surface area contributed by atoms with Gasteiger partial charge >= 0.3 is 0 Å². The van der Waals surface area contributed by atoms with E-state index >= 15 is 0 Å². The highest BCUT2D eigenvalue weighted by Gasteiger charge is 2.16. The highest BCUT2D eigenvalue weighted by molar-refractivity contribution is 5.79. The molecule has 1 fully saturated rings. The fourth-order valence-corrected chi connectivity index (χ4v) is 1.02. The summed E-state index contributed by atoms with van der Waals surface area (Å²) in [6.07, 6.45) is 2.63. The van der Waals surface area contributed by atoms with Gasteiger partial charge in [0.15, 0.2) is 6.29 Å². The van der Waals surface area contributed by atoms with E-state index in [0.29, 0.717) is 6.61 Å². The largest absolute Gasteiger partial charge is 0.350 e. The van der Waals surface area contributed by atoms with Crippen molar-refractivity contribution < 1.29 is 14.4 Å². The molecule has 0 aliphatic carbocycles. The number of nitrogens with two attached hydrogens (primary N) is 1. The Labute approximate surface area is 77.5 Å². The van der Waals surface area contributed by atoms with Crippen molar-refractivity contribution in [2.45, 2.75) is 38.5 Å². The molecule has 0 aromatic carbocycles. The molecular weight excluding hydrogens is 172 g/mol. The summed E-state index contributed by atoms with van der Waals surface area (Å²) in [7, 11) is 0. The molecule has 0 spiro atoms. The molecule has 0 saturated carbocycles. The topological polar surface area (TPSA) is 73.6 Å². The van der Waals surface area contributed by atoms with Gasteiger partial charge in [-0.15, -0.1) is 0 Å². The molecule has 1 heterocycles. The van der Waals surface area contributed by atoms with E-state index in [9.17, 15) is 4.79 Å². The van der Waals surface area contributed by atoms with Gasteiger partial charge in [0, 0.05) is 13.0 Å². The van der Waals surface area contributed by atoms with E-state index in [4.69, 9.17) is 15.3 Å². The molecule has 3 N–H and O–H groups in total. The molecule has 0 aromatic rings. The van der Waals surface area contributed by atoms with Crippen molar-refractivity contribution in [2.75, 3.05) is 6.61 Å². The smallest absolute Gasteiger partial charge is 0.260 e. The number of nitrogens with one attached hydrogen (secondary N) is 1. The van der Waals surface area contributed by atoms with E-state index < -0.39 is 6.04 Å². The molecule has 0 aromatic heterocycles. The average Bonchev–Trinajstić information content (AvgIpc) is 2.15. The van der Waals surface area contributed by atoms with Crippen molar-refractivity contribution in [3.8, 4) is 0 Å². The van der Waals surface area contributed by atoms with Gasteiger partial charge in [-0.1, -0.05) is 0 Å². The Bertz CT molecular complexity index is 167. The van der Waals surface area contributed by atoms with E-state index in [-0.39, 0.29) is 12.2 Å². The lowest BCUT2D eigenvalue weighted by Crippen LogP contribution is -2.41. The molecule has 5 nitrogen and oxygen atoms in total. The van der Waals surface area contributed by atoms with Crippen LogP contribution in [0.4, 0.5) is 0 Å².